The number of anilines is 1. The highest BCUT2D eigenvalue weighted by molar-refractivity contribution is 6.30. The summed E-state index contributed by atoms with van der Waals surface area (Å²) >= 11 is 5.58. The Morgan fingerprint density at radius 3 is 2.68 bits per heavy atom. The highest BCUT2D eigenvalue weighted by atomic mass is 35.5. The fraction of sp³-hybridized carbons (Fsp3) is 0.389. The van der Waals surface area contributed by atoms with E-state index in [9.17, 15) is 27.2 Å². The van der Waals surface area contributed by atoms with Gasteiger partial charge in [0.05, 0.1) is 11.1 Å². The Labute approximate surface area is 178 Å². The summed E-state index contributed by atoms with van der Waals surface area (Å²) in [5.41, 5.74) is 0. The first-order valence-electron chi connectivity index (χ1n) is 9.16. The molecule has 2 unspecified atom stereocenters. The first kappa shape index (κ1) is 22.8. The van der Waals surface area contributed by atoms with Gasteiger partial charge in [0.2, 0.25) is 5.91 Å². The van der Waals surface area contributed by atoms with Crippen LogP contribution in [-0.2, 0) is 15.9 Å². The van der Waals surface area contributed by atoms with E-state index in [2.05, 4.69) is 21.0 Å². The van der Waals surface area contributed by atoms with Crippen LogP contribution < -0.4 is 20.7 Å². The van der Waals surface area contributed by atoms with Crippen molar-refractivity contribution in [2.24, 2.45) is 0 Å². The summed E-state index contributed by atoms with van der Waals surface area (Å²) in [5.74, 6) is -1.67. The van der Waals surface area contributed by atoms with Gasteiger partial charge in [0.15, 0.2) is 12.4 Å². The Bertz CT molecular complexity index is 945. The van der Waals surface area contributed by atoms with Crippen LogP contribution in [0.3, 0.4) is 0 Å². The third kappa shape index (κ3) is 6.31. The van der Waals surface area contributed by atoms with Crippen LogP contribution in [0.1, 0.15) is 12.8 Å². The minimum atomic E-state index is -4.66. The predicted molar refractivity (Wildman–Crippen MR) is 102 cm³/mol. The van der Waals surface area contributed by atoms with Crippen LogP contribution in [0.15, 0.2) is 30.5 Å². The number of aromatic nitrogens is 2. The molecule has 1 aliphatic heterocycles. The topological polar surface area (TPSA) is 97.3 Å². The van der Waals surface area contributed by atoms with Crippen molar-refractivity contribution in [3.63, 3.8) is 0 Å². The van der Waals surface area contributed by atoms with Gasteiger partial charge in [0, 0.05) is 30.9 Å². The van der Waals surface area contributed by atoms with Gasteiger partial charge in [-0.05, 0) is 25.0 Å². The summed E-state index contributed by atoms with van der Waals surface area (Å²) in [7, 11) is 0. The zero-order chi connectivity index (χ0) is 22.6. The number of ether oxygens (including phenoxy) is 1. The first-order chi connectivity index (χ1) is 14.6. The number of carbonyl (C=O) groups is 2. The number of benzene rings is 1. The molecule has 2 amide bonds. The fourth-order valence-electron chi connectivity index (χ4n) is 2.93. The molecule has 0 radical (unpaired) electrons. The highest BCUT2D eigenvalue weighted by Crippen LogP contribution is 2.22. The number of rotatable bonds is 6. The van der Waals surface area contributed by atoms with Crippen LogP contribution in [0.5, 0.6) is 5.75 Å². The van der Waals surface area contributed by atoms with E-state index in [1.54, 1.807) is 0 Å². The summed E-state index contributed by atoms with van der Waals surface area (Å²) in [5, 5.41) is 11.2. The normalized spacial score (nSPS) is 19.0. The molecule has 2 aromatic rings. The molecular weight excluding hydrogens is 446 g/mol. The maximum Gasteiger partial charge on any atom is 0.504 e. The number of amides is 2. The van der Waals surface area contributed by atoms with Gasteiger partial charge in [-0.3, -0.25) is 9.59 Å². The lowest BCUT2D eigenvalue weighted by Gasteiger charge is -2.29. The summed E-state index contributed by atoms with van der Waals surface area (Å²) in [6, 6.07) is 3.95. The number of nitrogens with one attached hydrogen (secondary N) is 3. The van der Waals surface area contributed by atoms with Gasteiger partial charge >= 0.3 is 6.30 Å². The molecule has 1 saturated heterocycles. The average molecular weight is 464 g/mol. The lowest BCUT2D eigenvalue weighted by atomic mass is 10.00. The van der Waals surface area contributed by atoms with Crippen molar-refractivity contribution in [1.29, 1.82) is 0 Å². The van der Waals surface area contributed by atoms with Crippen molar-refractivity contribution in [1.82, 2.24) is 20.4 Å². The first-order valence-corrected chi connectivity index (χ1v) is 9.54. The van der Waals surface area contributed by atoms with Crippen LogP contribution in [0, 0.1) is 5.82 Å². The van der Waals surface area contributed by atoms with Crippen molar-refractivity contribution in [3.8, 4) is 5.75 Å². The van der Waals surface area contributed by atoms with Gasteiger partial charge < -0.3 is 20.7 Å². The van der Waals surface area contributed by atoms with Gasteiger partial charge in [-0.25, -0.2) is 4.39 Å². The van der Waals surface area contributed by atoms with Gasteiger partial charge in [0.1, 0.15) is 11.6 Å². The second-order valence-corrected chi connectivity index (χ2v) is 7.18. The minimum absolute atomic E-state index is 0.0580. The third-order valence-corrected chi connectivity index (χ3v) is 4.76. The molecule has 3 rings (SSSR count). The lowest BCUT2D eigenvalue weighted by Crippen LogP contribution is -2.53. The maximum absolute atomic E-state index is 13.4. The molecule has 2 heterocycles. The smallest absolute Gasteiger partial charge is 0.484 e. The monoisotopic (exact) mass is 463 g/mol. The van der Waals surface area contributed by atoms with E-state index in [4.69, 9.17) is 16.3 Å². The molecule has 8 nitrogen and oxygen atoms in total. The maximum atomic E-state index is 13.4. The minimum Gasteiger partial charge on any atom is -0.484 e. The van der Waals surface area contributed by atoms with E-state index in [-0.39, 0.29) is 40.5 Å². The van der Waals surface area contributed by atoms with Crippen LogP contribution in [0.2, 0.25) is 5.02 Å². The zero-order valence-electron chi connectivity index (χ0n) is 15.9. The fourth-order valence-corrected chi connectivity index (χ4v) is 3.05. The van der Waals surface area contributed by atoms with Crippen LogP contribution in [0.25, 0.3) is 0 Å². The number of hydrogen-bond donors (Lipinski definition) is 3. The quantitative estimate of drug-likeness (QED) is 0.572. The standard InChI is InChI=1S/C18H18ClF4N5O3/c19-12-3-2-11(7-13(12)20)31-9-16(29)25-10-1-4-14(24-8-10)17(30)26-15-5-6-28(27-15)18(21,22)23/h2-3,5-7,10,14,24H,1,4,8-9H2,(H,25,29)(H,26,27,30). The molecule has 1 aliphatic rings. The molecule has 168 valence electrons. The van der Waals surface area contributed by atoms with E-state index >= 15 is 0 Å². The number of nitrogens with zero attached hydrogens (tertiary/aromatic N) is 2. The molecule has 31 heavy (non-hydrogen) atoms. The number of hydrogen-bond acceptors (Lipinski definition) is 5. The van der Waals surface area contributed by atoms with Crippen LogP contribution in [-0.4, -0.2) is 46.8 Å². The average Bonchev–Trinajstić information content (AvgIpc) is 3.18. The summed E-state index contributed by atoms with van der Waals surface area (Å²) in [4.78, 5) is 24.2. The molecule has 0 saturated carbocycles. The molecular formula is C18H18ClF4N5O3. The molecule has 1 aromatic carbocycles. The summed E-state index contributed by atoms with van der Waals surface area (Å²) in [6.45, 7) is -0.0558. The molecule has 3 N–H and O–H groups in total. The van der Waals surface area contributed by atoms with E-state index in [1.165, 1.54) is 12.1 Å². The van der Waals surface area contributed by atoms with Gasteiger partial charge in [-0.1, -0.05) is 11.6 Å². The summed E-state index contributed by atoms with van der Waals surface area (Å²) < 4.78 is 56.0. The number of halogens is 5. The highest BCUT2D eigenvalue weighted by Gasteiger charge is 2.32. The van der Waals surface area contributed by atoms with E-state index in [0.717, 1.165) is 12.1 Å². The lowest BCUT2D eigenvalue weighted by molar-refractivity contribution is -0.212. The van der Waals surface area contributed by atoms with Crippen molar-refractivity contribution in [3.05, 3.63) is 41.3 Å². The van der Waals surface area contributed by atoms with Crippen LogP contribution >= 0.6 is 11.6 Å². The van der Waals surface area contributed by atoms with Crippen molar-refractivity contribution in [2.45, 2.75) is 31.2 Å². The molecule has 1 aromatic heterocycles. The SMILES string of the molecule is O=C(COc1ccc(Cl)c(F)c1)NC1CCC(C(=O)Nc2ccn(C(F)(F)F)n2)NC1. The van der Waals surface area contributed by atoms with Crippen LogP contribution in [0.4, 0.5) is 23.4 Å². The Hall–Kier alpha value is -2.86. The Balaban J connectivity index is 1.40. The third-order valence-electron chi connectivity index (χ3n) is 4.46. The molecule has 0 aliphatic carbocycles. The second-order valence-electron chi connectivity index (χ2n) is 6.77. The van der Waals surface area contributed by atoms with Gasteiger partial charge in [0.25, 0.3) is 5.91 Å². The molecule has 13 heteroatoms. The predicted octanol–water partition coefficient (Wildman–Crippen LogP) is 2.41. The number of carbonyl (C=O) groups excluding carboxylic acids is 2. The van der Waals surface area contributed by atoms with Crippen molar-refractivity contribution < 1.29 is 31.9 Å². The molecule has 2 atom stereocenters. The second kappa shape index (κ2) is 9.52. The van der Waals surface area contributed by atoms with E-state index in [1.807, 2.05) is 0 Å². The van der Waals surface area contributed by atoms with Gasteiger partial charge in [-0.2, -0.15) is 4.68 Å². The van der Waals surface area contributed by atoms with Crippen molar-refractivity contribution in [2.75, 3.05) is 18.5 Å². The number of alkyl halides is 3. The van der Waals surface area contributed by atoms with E-state index in [0.29, 0.717) is 19.0 Å². The molecule has 0 bridgehead atoms. The Morgan fingerprint density at radius 2 is 2.06 bits per heavy atom. The molecule has 1 fully saturated rings. The summed E-state index contributed by atoms with van der Waals surface area (Å²) in [6.07, 6.45) is -3.15. The van der Waals surface area contributed by atoms with Crippen molar-refractivity contribution >= 4 is 29.2 Å². The Morgan fingerprint density at radius 1 is 1.29 bits per heavy atom. The Kier molecular flexibility index (Phi) is 7.01. The van der Waals surface area contributed by atoms with E-state index < -0.39 is 30.0 Å². The largest absolute Gasteiger partial charge is 0.504 e. The zero-order valence-corrected chi connectivity index (χ0v) is 16.6. The number of piperidine rings is 1. The molecule has 0 spiro atoms. The van der Waals surface area contributed by atoms with Gasteiger partial charge in [-0.15, -0.1) is 18.3 Å².